The van der Waals surface area contributed by atoms with E-state index in [9.17, 15) is 14.0 Å². The quantitative estimate of drug-likeness (QED) is 0.802. The van der Waals surface area contributed by atoms with Gasteiger partial charge in [-0.1, -0.05) is 6.42 Å². The maximum Gasteiger partial charge on any atom is 0.225 e. The molecule has 1 aromatic rings. The Morgan fingerprint density at radius 3 is 2.29 bits per heavy atom. The minimum Gasteiger partial charge on any atom is -0.342 e. The standard InChI is InChI=1S/C17H20FNO2/c18-15-8-6-12(7-9-15)16(20)14-5-2-10-19(11-14)17(21)13-3-1-4-13/h6-9,13-14H,1-5,10-11H2. The molecule has 1 atom stereocenters. The first kappa shape index (κ1) is 14.2. The Hall–Kier alpha value is -1.71. The largest absolute Gasteiger partial charge is 0.342 e. The number of likely N-dealkylation sites (tertiary alicyclic amines) is 1. The van der Waals surface area contributed by atoms with Crippen LogP contribution in [-0.4, -0.2) is 29.7 Å². The number of hydrogen-bond donors (Lipinski definition) is 0. The number of benzene rings is 1. The summed E-state index contributed by atoms with van der Waals surface area (Å²) in [7, 11) is 0. The highest BCUT2D eigenvalue weighted by molar-refractivity contribution is 5.98. The van der Waals surface area contributed by atoms with Gasteiger partial charge in [-0.2, -0.15) is 0 Å². The van der Waals surface area contributed by atoms with Crippen molar-refractivity contribution in [3.63, 3.8) is 0 Å². The summed E-state index contributed by atoms with van der Waals surface area (Å²) >= 11 is 0. The lowest BCUT2D eigenvalue weighted by Crippen LogP contribution is -2.46. The molecule has 1 heterocycles. The van der Waals surface area contributed by atoms with Crippen molar-refractivity contribution in [2.45, 2.75) is 32.1 Å². The van der Waals surface area contributed by atoms with E-state index in [1.54, 1.807) is 0 Å². The van der Waals surface area contributed by atoms with Crippen LogP contribution in [0, 0.1) is 17.7 Å². The topological polar surface area (TPSA) is 37.4 Å². The van der Waals surface area contributed by atoms with Gasteiger partial charge < -0.3 is 4.90 Å². The van der Waals surface area contributed by atoms with Crippen molar-refractivity contribution in [3.05, 3.63) is 35.6 Å². The van der Waals surface area contributed by atoms with E-state index >= 15 is 0 Å². The van der Waals surface area contributed by atoms with E-state index in [-0.39, 0.29) is 29.3 Å². The van der Waals surface area contributed by atoms with Crippen LogP contribution in [0.25, 0.3) is 0 Å². The molecule has 21 heavy (non-hydrogen) atoms. The molecule has 4 heteroatoms. The van der Waals surface area contributed by atoms with Gasteiger partial charge in [0, 0.05) is 30.5 Å². The molecule has 3 rings (SSSR count). The Kier molecular flexibility index (Phi) is 4.04. The van der Waals surface area contributed by atoms with E-state index in [2.05, 4.69) is 0 Å². The fourth-order valence-corrected chi connectivity index (χ4v) is 3.15. The third kappa shape index (κ3) is 2.99. The molecule has 0 spiro atoms. The van der Waals surface area contributed by atoms with Gasteiger partial charge in [0.15, 0.2) is 5.78 Å². The van der Waals surface area contributed by atoms with Gasteiger partial charge in [-0.05, 0) is 49.9 Å². The molecule has 0 N–H and O–H groups in total. The van der Waals surface area contributed by atoms with Crippen molar-refractivity contribution in [3.8, 4) is 0 Å². The number of halogens is 1. The van der Waals surface area contributed by atoms with Crippen LogP contribution in [0.5, 0.6) is 0 Å². The van der Waals surface area contributed by atoms with Crippen LogP contribution < -0.4 is 0 Å². The van der Waals surface area contributed by atoms with Crippen LogP contribution in [0.2, 0.25) is 0 Å². The van der Waals surface area contributed by atoms with Crippen molar-refractivity contribution in [1.82, 2.24) is 4.90 Å². The van der Waals surface area contributed by atoms with Gasteiger partial charge in [-0.25, -0.2) is 4.39 Å². The summed E-state index contributed by atoms with van der Waals surface area (Å²) < 4.78 is 12.9. The molecule has 0 radical (unpaired) electrons. The molecule has 1 saturated carbocycles. The number of piperidine rings is 1. The molecule has 0 bridgehead atoms. The fraction of sp³-hybridized carbons (Fsp3) is 0.529. The molecular formula is C17H20FNO2. The lowest BCUT2D eigenvalue weighted by Gasteiger charge is -2.36. The van der Waals surface area contributed by atoms with E-state index in [4.69, 9.17) is 0 Å². The van der Waals surface area contributed by atoms with Gasteiger partial charge in [0.1, 0.15) is 5.82 Å². The number of carbonyl (C=O) groups excluding carboxylic acids is 2. The number of ketones is 1. The number of nitrogens with zero attached hydrogens (tertiary/aromatic N) is 1. The van der Waals surface area contributed by atoms with Crippen LogP contribution in [0.15, 0.2) is 24.3 Å². The van der Waals surface area contributed by atoms with Gasteiger partial charge in [-0.3, -0.25) is 9.59 Å². The zero-order chi connectivity index (χ0) is 14.8. The molecule has 1 aliphatic heterocycles. The highest BCUT2D eigenvalue weighted by Crippen LogP contribution is 2.30. The average molecular weight is 289 g/mol. The Morgan fingerprint density at radius 2 is 1.67 bits per heavy atom. The number of rotatable bonds is 3. The molecule has 1 aliphatic carbocycles. The Labute approximate surface area is 124 Å². The van der Waals surface area contributed by atoms with Crippen LogP contribution in [0.1, 0.15) is 42.5 Å². The van der Waals surface area contributed by atoms with Crippen LogP contribution >= 0.6 is 0 Å². The molecule has 2 fully saturated rings. The lowest BCUT2D eigenvalue weighted by atomic mass is 9.83. The zero-order valence-corrected chi connectivity index (χ0v) is 12.1. The van der Waals surface area contributed by atoms with E-state index in [1.807, 2.05) is 4.90 Å². The van der Waals surface area contributed by atoms with Crippen LogP contribution in [-0.2, 0) is 4.79 Å². The van der Waals surface area contributed by atoms with Crippen molar-refractivity contribution in [2.75, 3.05) is 13.1 Å². The Balaban J connectivity index is 1.66. The second-order valence-electron chi connectivity index (χ2n) is 6.12. The molecule has 112 valence electrons. The first-order valence-electron chi connectivity index (χ1n) is 7.74. The number of carbonyl (C=O) groups is 2. The smallest absolute Gasteiger partial charge is 0.225 e. The maximum atomic E-state index is 12.9. The molecule has 1 amide bonds. The summed E-state index contributed by atoms with van der Waals surface area (Å²) in [4.78, 5) is 26.6. The van der Waals surface area contributed by atoms with Crippen molar-refractivity contribution in [1.29, 1.82) is 0 Å². The minimum atomic E-state index is -0.336. The van der Waals surface area contributed by atoms with Crippen LogP contribution in [0.4, 0.5) is 4.39 Å². The molecule has 1 saturated heterocycles. The molecule has 1 unspecified atom stereocenters. The molecule has 2 aliphatic rings. The van der Waals surface area contributed by atoms with Gasteiger partial charge in [-0.15, -0.1) is 0 Å². The number of Topliss-reactive ketones (excluding diaryl/α,β-unsaturated/α-hetero) is 1. The maximum absolute atomic E-state index is 12.9. The summed E-state index contributed by atoms with van der Waals surface area (Å²) in [6.45, 7) is 1.29. The Bertz CT molecular complexity index is 536. The number of hydrogen-bond acceptors (Lipinski definition) is 2. The molecule has 3 nitrogen and oxygen atoms in total. The van der Waals surface area contributed by atoms with Gasteiger partial charge in [0.25, 0.3) is 0 Å². The third-order valence-corrected chi connectivity index (χ3v) is 4.69. The lowest BCUT2D eigenvalue weighted by molar-refractivity contribution is -0.139. The highest BCUT2D eigenvalue weighted by Gasteiger charge is 2.34. The van der Waals surface area contributed by atoms with Crippen molar-refractivity contribution in [2.24, 2.45) is 11.8 Å². The predicted molar refractivity (Wildman–Crippen MR) is 77.4 cm³/mol. The molecular weight excluding hydrogens is 269 g/mol. The van der Waals surface area contributed by atoms with E-state index in [0.717, 1.165) is 38.6 Å². The molecule has 1 aromatic carbocycles. The second kappa shape index (κ2) is 5.96. The number of amides is 1. The normalized spacial score (nSPS) is 22.7. The van der Waals surface area contributed by atoms with Gasteiger partial charge >= 0.3 is 0 Å². The summed E-state index contributed by atoms with van der Waals surface area (Å²) in [6, 6.07) is 5.69. The average Bonchev–Trinajstić information content (AvgIpc) is 2.45. The monoisotopic (exact) mass is 289 g/mol. The van der Waals surface area contributed by atoms with E-state index in [0.29, 0.717) is 12.1 Å². The highest BCUT2D eigenvalue weighted by atomic mass is 19.1. The summed E-state index contributed by atoms with van der Waals surface area (Å²) in [5.41, 5.74) is 0.541. The zero-order valence-electron chi connectivity index (χ0n) is 12.1. The van der Waals surface area contributed by atoms with Crippen LogP contribution in [0.3, 0.4) is 0 Å². The Morgan fingerprint density at radius 1 is 1.00 bits per heavy atom. The second-order valence-corrected chi connectivity index (χ2v) is 6.12. The summed E-state index contributed by atoms with van der Waals surface area (Å²) in [5.74, 6) is -0.0474. The van der Waals surface area contributed by atoms with Gasteiger partial charge in [0.05, 0.1) is 0 Å². The van der Waals surface area contributed by atoms with E-state index < -0.39 is 0 Å². The first-order valence-corrected chi connectivity index (χ1v) is 7.74. The minimum absolute atomic E-state index is 0.0288. The SMILES string of the molecule is O=C(c1ccc(F)cc1)C1CCCN(C(=O)C2CCC2)C1. The fourth-order valence-electron chi connectivity index (χ4n) is 3.15. The van der Waals surface area contributed by atoms with Crippen molar-refractivity contribution < 1.29 is 14.0 Å². The predicted octanol–water partition coefficient (Wildman–Crippen LogP) is 3.05. The molecule has 0 aromatic heterocycles. The summed E-state index contributed by atoms with van der Waals surface area (Å²) in [6.07, 6.45) is 4.81. The summed E-state index contributed by atoms with van der Waals surface area (Å²) in [5, 5.41) is 0. The van der Waals surface area contributed by atoms with E-state index in [1.165, 1.54) is 24.3 Å². The first-order chi connectivity index (χ1) is 10.1. The van der Waals surface area contributed by atoms with Gasteiger partial charge in [0.2, 0.25) is 5.91 Å². The van der Waals surface area contributed by atoms with Crippen molar-refractivity contribution >= 4 is 11.7 Å². The third-order valence-electron chi connectivity index (χ3n) is 4.69.